The Labute approximate surface area is 180 Å². The quantitative estimate of drug-likeness (QED) is 0.335. The second-order valence-corrected chi connectivity index (χ2v) is 18.4. The molecule has 0 aliphatic rings. The van der Waals surface area contributed by atoms with E-state index in [0.29, 0.717) is 0 Å². The van der Waals surface area contributed by atoms with Gasteiger partial charge in [-0.05, 0) is 27.7 Å². The number of hydrogen-bond donors (Lipinski definition) is 0. The molecule has 136 valence electrons. The summed E-state index contributed by atoms with van der Waals surface area (Å²) in [5.41, 5.74) is -5.61. The zero-order valence-corrected chi connectivity index (χ0v) is 24.3. The molecule has 0 rings (SSSR count). The fraction of sp³-hybridized carbons (Fsp3) is 1.00. The Balaban J connectivity index is -0.000000333. The van der Waals surface area contributed by atoms with Crippen LogP contribution in [0, 0.1) is 0 Å². The van der Waals surface area contributed by atoms with Crippen molar-refractivity contribution in [2.45, 2.75) is 78.1 Å². The van der Waals surface area contributed by atoms with Crippen molar-refractivity contribution in [2.75, 3.05) is 0 Å². The Hall–Kier alpha value is 2.76. The van der Waals surface area contributed by atoms with Gasteiger partial charge in [0.25, 0.3) is 0 Å². The molecule has 0 aliphatic heterocycles. The minimum atomic E-state index is -2.80. The topological polar surface area (TPSA) is 64.6 Å². The van der Waals surface area contributed by atoms with Gasteiger partial charge in [-0.3, -0.25) is 0 Å². The van der Waals surface area contributed by atoms with Crippen molar-refractivity contribution >= 4 is 57.8 Å². The maximum atomic E-state index is 11.4. The molecule has 0 aromatic rings. The number of hydrogen-bond acceptors (Lipinski definition) is 8. The van der Waals surface area contributed by atoms with E-state index in [4.69, 9.17) is 32.7 Å². The molecule has 0 aromatic carbocycles. The summed E-state index contributed by atoms with van der Waals surface area (Å²) in [6.07, 6.45) is -0.103. The predicted molar refractivity (Wildman–Crippen MR) is 106 cm³/mol. The summed E-state index contributed by atoms with van der Waals surface area (Å²) >= 11 is 12.1. The summed E-state index contributed by atoms with van der Waals surface area (Å²) in [5, 5.41) is 0.522. The molecule has 0 heterocycles. The monoisotopic (exact) mass is 540 g/mol. The minimum Gasteiger partial charge on any atom is -0.793 e. The van der Waals surface area contributed by atoms with Crippen LogP contribution in [0.1, 0.15) is 55.4 Å². The summed E-state index contributed by atoms with van der Waals surface area (Å²) < 4.78 is 10.2. The van der Waals surface area contributed by atoms with Crippen LogP contribution < -0.4 is 9.79 Å². The van der Waals surface area contributed by atoms with Crippen LogP contribution in [0.15, 0.2) is 0 Å². The van der Waals surface area contributed by atoms with Gasteiger partial charge < -0.3 is 18.8 Å². The van der Waals surface area contributed by atoms with Crippen LogP contribution in [0.2, 0.25) is 0 Å². The molecule has 0 amide bonds. The van der Waals surface area contributed by atoms with Crippen molar-refractivity contribution in [3.05, 3.63) is 0 Å². The van der Waals surface area contributed by atoms with Crippen LogP contribution in [0.4, 0.5) is 0 Å². The Bertz CT molecular complexity index is 331. The molecule has 4 nitrogen and oxygen atoms in total. The average molecular weight is 539 g/mol. The first-order valence-electron chi connectivity index (χ1n) is 7.02. The van der Waals surface area contributed by atoms with E-state index in [-0.39, 0.29) is 50.0 Å². The molecule has 2 atom stereocenters. The van der Waals surface area contributed by atoms with Crippen LogP contribution in [-0.2, 0) is 60.0 Å². The molecule has 0 aliphatic carbocycles. The first-order chi connectivity index (χ1) is 9.67. The van der Waals surface area contributed by atoms with Crippen LogP contribution in [0.3, 0.4) is 0 Å². The minimum absolute atomic E-state index is 0. The normalized spacial score (nSPS) is 16.6. The van der Waals surface area contributed by atoms with Gasteiger partial charge in [-0.25, -0.2) is 0 Å². The summed E-state index contributed by atoms with van der Waals surface area (Å²) in [6, 6.07) is 0. The molecule has 0 aromatic heterocycles. The van der Waals surface area contributed by atoms with E-state index in [1.165, 1.54) is 22.8 Å². The van der Waals surface area contributed by atoms with Gasteiger partial charge in [0.2, 0.25) is 0 Å². The molecule has 0 radical (unpaired) electrons. The van der Waals surface area contributed by atoms with E-state index in [1.54, 1.807) is 0 Å². The molecule has 0 spiro atoms. The van der Waals surface area contributed by atoms with Crippen molar-refractivity contribution in [3.63, 3.8) is 0 Å². The van der Waals surface area contributed by atoms with Gasteiger partial charge in [-0.1, -0.05) is 51.3 Å². The van der Waals surface area contributed by atoms with Crippen LogP contribution >= 0.6 is 34.2 Å². The van der Waals surface area contributed by atoms with Crippen LogP contribution in [0.25, 0.3) is 0 Å². The predicted octanol–water partition coefficient (Wildman–Crippen LogP) is 4.27. The SMILES string of the molecule is CC(C)OP([O-])(=S)SC(C)C.CC(C)OP([O-])(=S)SC(C)C.[Cd+2]. The van der Waals surface area contributed by atoms with Gasteiger partial charge in [0.1, 0.15) is 0 Å². The Morgan fingerprint density at radius 3 is 1.04 bits per heavy atom. The molecular formula is C12H28CdO4P2S4. The molecule has 0 bridgehead atoms. The fourth-order valence-electron chi connectivity index (χ4n) is 1.08. The van der Waals surface area contributed by atoms with Crippen molar-refractivity contribution in [3.8, 4) is 0 Å². The van der Waals surface area contributed by atoms with Gasteiger partial charge >= 0.3 is 27.3 Å². The largest absolute Gasteiger partial charge is 2.00 e. The van der Waals surface area contributed by atoms with Gasteiger partial charge in [0.15, 0.2) is 0 Å². The van der Waals surface area contributed by atoms with Crippen molar-refractivity contribution in [1.29, 1.82) is 0 Å². The van der Waals surface area contributed by atoms with Gasteiger partial charge in [0, 0.05) is 21.9 Å². The van der Waals surface area contributed by atoms with E-state index in [2.05, 4.69) is 0 Å². The summed E-state index contributed by atoms with van der Waals surface area (Å²) in [6.45, 7) is 15.1. The second kappa shape index (κ2) is 14.8. The summed E-state index contributed by atoms with van der Waals surface area (Å²) in [5.74, 6) is 0. The van der Waals surface area contributed by atoms with E-state index in [9.17, 15) is 9.79 Å². The fourth-order valence-corrected chi connectivity index (χ4v) is 11.8. The van der Waals surface area contributed by atoms with Crippen molar-refractivity contribution in [1.82, 2.24) is 0 Å². The molecular weight excluding hydrogens is 511 g/mol. The molecule has 11 heteroatoms. The maximum absolute atomic E-state index is 11.4. The third-order valence-electron chi connectivity index (χ3n) is 1.36. The standard InChI is InChI=1S/2C6H15O2PS2.Cd/c2*1-5(2)8-9(7,10)11-6(3)4;/h2*5-6H,1-4H3,(H,7,10);/q;;+2/p-2. The Morgan fingerprint density at radius 2 is 0.913 bits per heavy atom. The zero-order valence-electron chi connectivity index (χ0n) is 15.2. The van der Waals surface area contributed by atoms with Gasteiger partial charge in [-0.2, -0.15) is 0 Å². The number of rotatable bonds is 8. The molecule has 23 heavy (non-hydrogen) atoms. The third kappa shape index (κ3) is 24.8. The van der Waals surface area contributed by atoms with E-state index in [0.717, 1.165) is 0 Å². The van der Waals surface area contributed by atoms with Crippen molar-refractivity contribution < 1.29 is 46.1 Å². The summed E-state index contributed by atoms with van der Waals surface area (Å²) in [7, 11) is 0. The average Bonchev–Trinajstić information content (AvgIpc) is 2.06. The van der Waals surface area contributed by atoms with Gasteiger partial charge in [0.05, 0.1) is 12.2 Å². The zero-order chi connectivity index (χ0) is 18.1. The first-order valence-corrected chi connectivity index (χ1v) is 15.3. The van der Waals surface area contributed by atoms with Crippen molar-refractivity contribution in [2.24, 2.45) is 0 Å². The Kier molecular flexibility index (Phi) is 19.6. The third-order valence-corrected chi connectivity index (χ3v) is 10.7. The second-order valence-electron chi connectivity index (χ2n) is 5.51. The van der Waals surface area contributed by atoms with E-state index in [1.807, 2.05) is 55.4 Å². The Morgan fingerprint density at radius 1 is 0.696 bits per heavy atom. The summed E-state index contributed by atoms with van der Waals surface area (Å²) in [4.78, 5) is 22.8. The molecule has 0 saturated heterocycles. The smallest absolute Gasteiger partial charge is 0.793 e. The molecule has 0 fully saturated rings. The maximum Gasteiger partial charge on any atom is 2.00 e. The first kappa shape index (κ1) is 30.5. The van der Waals surface area contributed by atoms with Crippen LogP contribution in [0.5, 0.6) is 0 Å². The van der Waals surface area contributed by atoms with E-state index < -0.39 is 11.4 Å². The molecule has 0 N–H and O–H groups in total. The molecule has 0 saturated carbocycles. The molecule has 2 unspecified atom stereocenters. The van der Waals surface area contributed by atoms with Gasteiger partial charge in [-0.15, -0.1) is 22.8 Å². The van der Waals surface area contributed by atoms with Crippen LogP contribution in [-0.4, -0.2) is 22.7 Å². The van der Waals surface area contributed by atoms with E-state index >= 15 is 0 Å².